The lowest BCUT2D eigenvalue weighted by Gasteiger charge is -2.30. The molecule has 0 bridgehead atoms. The highest BCUT2D eigenvalue weighted by atomic mass is 35.5. The van der Waals surface area contributed by atoms with Crippen molar-refractivity contribution in [2.24, 2.45) is 0 Å². The third kappa shape index (κ3) is 11.6. The number of hydrogen-bond donors (Lipinski definition) is 7. The summed E-state index contributed by atoms with van der Waals surface area (Å²) < 4.78 is 31.5. The molecule has 2 aliphatic carbocycles. The van der Waals surface area contributed by atoms with Gasteiger partial charge in [-0.3, -0.25) is 9.78 Å². The Bertz CT molecular complexity index is 1800. The van der Waals surface area contributed by atoms with Crippen molar-refractivity contribution in [3.63, 3.8) is 0 Å². The van der Waals surface area contributed by atoms with Crippen molar-refractivity contribution < 1.29 is 43.5 Å². The number of carbonyl (C=O) groups is 1. The van der Waals surface area contributed by atoms with Crippen LogP contribution in [0.5, 0.6) is 5.75 Å². The number of aliphatic hydroxyl groups excluding tert-OH is 5. The molecule has 1 heterocycles. The largest absolute Gasteiger partial charge is 0.490 e. The molecule has 0 radical (unpaired) electrons. The number of sulfonamides is 1. The van der Waals surface area contributed by atoms with Crippen molar-refractivity contribution in [3.05, 3.63) is 77.1 Å². The number of hydrogen-bond acceptors (Lipinski definition) is 12. The molecule has 16 heteroatoms. The van der Waals surface area contributed by atoms with Gasteiger partial charge in [-0.15, -0.1) is 11.8 Å². The van der Waals surface area contributed by atoms with Crippen LogP contribution in [-0.2, 0) is 26.9 Å². The van der Waals surface area contributed by atoms with E-state index in [0.29, 0.717) is 23.7 Å². The fourth-order valence-electron chi connectivity index (χ4n) is 6.04. The summed E-state index contributed by atoms with van der Waals surface area (Å²) in [5.74, 6) is 0.568. The van der Waals surface area contributed by atoms with E-state index in [4.69, 9.17) is 21.4 Å². The molecule has 13 nitrogen and oxygen atoms in total. The molecule has 0 unspecified atom stereocenters. The van der Waals surface area contributed by atoms with Crippen molar-refractivity contribution >= 4 is 39.3 Å². The van der Waals surface area contributed by atoms with Crippen LogP contribution in [0.15, 0.2) is 65.8 Å². The molecule has 4 atom stereocenters. The number of para-hydroxylation sites is 1. The van der Waals surface area contributed by atoms with E-state index in [-0.39, 0.29) is 37.7 Å². The predicted molar refractivity (Wildman–Crippen MR) is 203 cm³/mol. The van der Waals surface area contributed by atoms with Crippen molar-refractivity contribution in [1.29, 1.82) is 0 Å². The smallest absolute Gasteiger partial charge is 0.254 e. The molecule has 2 aromatic carbocycles. The Balaban J connectivity index is 1.19. The van der Waals surface area contributed by atoms with Crippen LogP contribution in [0.25, 0.3) is 11.1 Å². The lowest BCUT2D eigenvalue weighted by molar-refractivity contribution is -0.158. The van der Waals surface area contributed by atoms with Gasteiger partial charge in [-0.05, 0) is 91.3 Å². The minimum atomic E-state index is -3.45. The molecule has 290 valence electrons. The Morgan fingerprint density at radius 3 is 2.49 bits per heavy atom. The average molecular weight is 793 g/mol. The van der Waals surface area contributed by atoms with Crippen molar-refractivity contribution in [2.45, 2.75) is 86.0 Å². The number of thioether (sulfide) groups is 1. The summed E-state index contributed by atoms with van der Waals surface area (Å²) in [6.07, 6.45) is 1.98. The normalized spacial score (nSPS) is 17.5. The fraction of sp³-hybridized carbons (Fsp3) is 0.514. The Morgan fingerprint density at radius 1 is 1.06 bits per heavy atom. The van der Waals surface area contributed by atoms with Crippen LogP contribution in [0.1, 0.15) is 49.7 Å². The van der Waals surface area contributed by atoms with Crippen LogP contribution in [0.4, 0.5) is 0 Å². The zero-order valence-corrected chi connectivity index (χ0v) is 32.0. The summed E-state index contributed by atoms with van der Waals surface area (Å²) in [5.41, 5.74) is 3.95. The maximum absolute atomic E-state index is 13.1. The zero-order chi connectivity index (χ0) is 38.2. The number of benzene rings is 2. The Labute approximate surface area is 319 Å². The highest BCUT2D eigenvalue weighted by Gasteiger charge is 2.46. The Morgan fingerprint density at radius 2 is 1.79 bits per heavy atom. The van der Waals surface area contributed by atoms with E-state index in [0.717, 1.165) is 64.8 Å². The first-order chi connectivity index (χ1) is 25.3. The first kappa shape index (κ1) is 41.3. The standard InChI is InChI=1S/C37H49ClN4O9S2/c1-53(49,50)41-15-4-17-42(36(48)35(47)34(46)33(45)31(44)23-43)18-5-19-52-26-10-11-30(38)24(20-26)21-40-37(13-14-37)29-22-39-16-12-27(29)28-6-2-3-7-32(28)51-25-8-9-25/h2-3,6-7,10-12,16,20,22,25,31,33-35,40-41,43-47H,4-5,8-9,13-15,17-19,21,23H2,1H3/t31-,33+,34-,35-/m0/s1. The molecule has 7 N–H and O–H groups in total. The molecule has 1 aromatic heterocycles. The van der Waals surface area contributed by atoms with Gasteiger partial charge in [0, 0.05) is 59.6 Å². The van der Waals surface area contributed by atoms with Crippen LogP contribution in [0, 0.1) is 0 Å². The molecule has 0 spiro atoms. The van der Waals surface area contributed by atoms with Gasteiger partial charge < -0.3 is 40.5 Å². The van der Waals surface area contributed by atoms with Gasteiger partial charge >= 0.3 is 0 Å². The van der Waals surface area contributed by atoms with Gasteiger partial charge in [0.1, 0.15) is 24.1 Å². The van der Waals surface area contributed by atoms with Gasteiger partial charge in [-0.2, -0.15) is 0 Å². The lowest BCUT2D eigenvalue weighted by atomic mass is 9.94. The minimum Gasteiger partial charge on any atom is -0.490 e. The third-order valence-corrected chi connectivity index (χ3v) is 11.5. The van der Waals surface area contributed by atoms with Crippen molar-refractivity contribution in [1.82, 2.24) is 19.9 Å². The number of nitrogens with zero attached hydrogens (tertiary/aromatic N) is 2. The number of aliphatic hydroxyl groups is 5. The van der Waals surface area contributed by atoms with Crippen LogP contribution >= 0.6 is 23.4 Å². The van der Waals surface area contributed by atoms with Crippen molar-refractivity contribution in [3.8, 4) is 16.9 Å². The quantitative estimate of drug-likeness (QED) is 0.0580. The number of carbonyl (C=O) groups excluding carboxylic acids is 1. The zero-order valence-electron chi connectivity index (χ0n) is 29.6. The molecular weight excluding hydrogens is 744 g/mol. The topological polar surface area (TPSA) is 202 Å². The van der Waals surface area contributed by atoms with Gasteiger partial charge in [0.15, 0.2) is 6.10 Å². The summed E-state index contributed by atoms with van der Waals surface area (Å²) in [6.45, 7) is -0.0700. The van der Waals surface area contributed by atoms with E-state index in [2.05, 4.69) is 21.1 Å². The molecule has 53 heavy (non-hydrogen) atoms. The van der Waals surface area contributed by atoms with Gasteiger partial charge in [-0.25, -0.2) is 13.1 Å². The Kier molecular flexibility index (Phi) is 14.6. The molecule has 0 aliphatic heterocycles. The second kappa shape index (κ2) is 18.7. The first-order valence-electron chi connectivity index (χ1n) is 17.8. The van der Waals surface area contributed by atoms with Crippen LogP contribution in [-0.4, -0.2) is 119 Å². The average Bonchev–Trinajstić information content (AvgIpc) is 4.10. The van der Waals surface area contributed by atoms with Crippen LogP contribution in [0.3, 0.4) is 0 Å². The van der Waals surface area contributed by atoms with Gasteiger partial charge in [0.05, 0.1) is 19.0 Å². The lowest BCUT2D eigenvalue weighted by Crippen LogP contribution is -2.53. The van der Waals surface area contributed by atoms with Crippen LogP contribution < -0.4 is 14.8 Å². The second-order valence-electron chi connectivity index (χ2n) is 13.6. The van der Waals surface area contributed by atoms with E-state index in [1.165, 1.54) is 4.90 Å². The van der Waals surface area contributed by atoms with Gasteiger partial charge in [0.2, 0.25) is 10.0 Å². The molecule has 2 fully saturated rings. The van der Waals surface area contributed by atoms with E-state index in [1.54, 1.807) is 11.8 Å². The highest BCUT2D eigenvalue weighted by Crippen LogP contribution is 2.50. The summed E-state index contributed by atoms with van der Waals surface area (Å²) in [4.78, 5) is 19.9. The summed E-state index contributed by atoms with van der Waals surface area (Å²) >= 11 is 8.23. The van der Waals surface area contributed by atoms with Gasteiger partial charge in [0.25, 0.3) is 5.91 Å². The number of halogens is 1. The van der Waals surface area contributed by atoms with E-state index in [9.17, 15) is 33.6 Å². The molecule has 5 rings (SSSR count). The van der Waals surface area contributed by atoms with Crippen molar-refractivity contribution in [2.75, 3.05) is 38.2 Å². The van der Waals surface area contributed by atoms with Crippen LogP contribution in [0.2, 0.25) is 5.02 Å². The molecular formula is C37H49ClN4O9S2. The number of rotatable bonds is 22. The second-order valence-corrected chi connectivity index (χ2v) is 17.1. The minimum absolute atomic E-state index is 0.0506. The molecule has 2 saturated carbocycles. The summed E-state index contributed by atoms with van der Waals surface area (Å²) in [6, 6.07) is 16.0. The number of amides is 1. The van der Waals surface area contributed by atoms with E-state index in [1.807, 2.05) is 54.9 Å². The Hall–Kier alpha value is -2.83. The highest BCUT2D eigenvalue weighted by molar-refractivity contribution is 7.99. The number of nitrogens with one attached hydrogen (secondary N) is 2. The first-order valence-corrected chi connectivity index (χ1v) is 21.0. The maximum atomic E-state index is 13.1. The summed E-state index contributed by atoms with van der Waals surface area (Å²) in [7, 11) is -3.45. The fourth-order valence-corrected chi connectivity index (χ4v) is 7.63. The monoisotopic (exact) mass is 792 g/mol. The number of pyridine rings is 1. The third-order valence-electron chi connectivity index (χ3n) is 9.35. The number of aromatic nitrogens is 1. The molecule has 0 saturated heterocycles. The van der Waals surface area contributed by atoms with E-state index >= 15 is 0 Å². The molecule has 1 amide bonds. The number of ether oxygens (including phenoxy) is 1. The van der Waals surface area contributed by atoms with Gasteiger partial charge in [-0.1, -0.05) is 29.8 Å². The molecule has 3 aromatic rings. The molecule has 2 aliphatic rings. The SMILES string of the molecule is CS(=O)(=O)NCCCN(CCCSc1ccc(Cl)c(CNC2(c3cnccc3-c3ccccc3OC3CC3)CC2)c1)C(=O)[C@@H](O)[C@@H](O)[C@H](O)[C@@H](O)CO. The predicted octanol–water partition coefficient (Wildman–Crippen LogP) is 2.41. The summed E-state index contributed by atoms with van der Waals surface area (Å²) in [5, 5.41) is 54.0. The maximum Gasteiger partial charge on any atom is 0.254 e. The van der Waals surface area contributed by atoms with E-state index < -0.39 is 47.0 Å².